The van der Waals surface area contributed by atoms with E-state index in [1.165, 1.54) is 62.6 Å². The molecule has 0 saturated heterocycles. The van der Waals surface area contributed by atoms with Crippen molar-refractivity contribution in [3.8, 4) is 89.3 Å². The van der Waals surface area contributed by atoms with E-state index >= 15 is 0 Å². The van der Waals surface area contributed by atoms with Crippen LogP contribution in [0.4, 0.5) is 0 Å². The smallest absolute Gasteiger partial charge is 0.0859 e. The van der Waals surface area contributed by atoms with Gasteiger partial charge in [0.2, 0.25) is 0 Å². The lowest BCUT2D eigenvalue weighted by molar-refractivity contribution is 0.661. The summed E-state index contributed by atoms with van der Waals surface area (Å²) in [4.78, 5) is 13.9. The van der Waals surface area contributed by atoms with Crippen LogP contribution in [-0.2, 0) is 5.41 Å². The van der Waals surface area contributed by atoms with Gasteiger partial charge in [0.05, 0.1) is 19.5 Å². The summed E-state index contributed by atoms with van der Waals surface area (Å²) in [5, 5.41) is 1.62. The maximum absolute atomic E-state index is 5.28. The Morgan fingerprint density at radius 2 is 0.828 bits per heavy atom. The van der Waals surface area contributed by atoms with E-state index in [0.29, 0.717) is 0 Å². The minimum atomic E-state index is -1.50. The summed E-state index contributed by atoms with van der Waals surface area (Å²) in [5.41, 5.74) is 21.2. The predicted molar refractivity (Wildman–Crippen MR) is 272 cm³/mol. The molecule has 1 aliphatic carbocycles. The monoisotopic (exact) mass is 843 g/mol. The van der Waals surface area contributed by atoms with E-state index in [9.17, 15) is 0 Å². The van der Waals surface area contributed by atoms with Gasteiger partial charge < -0.3 is 0 Å². The van der Waals surface area contributed by atoms with E-state index in [0.717, 1.165) is 55.9 Å². The molecule has 64 heavy (non-hydrogen) atoms. The molecule has 0 radical (unpaired) electrons. The Kier molecular flexibility index (Phi) is 10.9. The lowest BCUT2D eigenvalue weighted by atomic mass is 9.81. The van der Waals surface area contributed by atoms with Crippen LogP contribution in [0.25, 0.3) is 89.3 Å². The minimum Gasteiger partial charge on any atom is -0.264 e. The third-order valence-electron chi connectivity index (χ3n) is 14.2. The third-order valence-corrected chi connectivity index (χ3v) is 19.8. The molecule has 0 saturated carbocycles. The highest BCUT2D eigenvalue weighted by molar-refractivity contribution is 6.91. The average molecular weight is 844 g/mol. The van der Waals surface area contributed by atoms with Crippen LogP contribution in [-0.4, -0.2) is 23.0 Å². The zero-order chi connectivity index (χ0) is 43.8. The molecule has 3 aromatic heterocycles. The largest absolute Gasteiger partial charge is 0.264 e. The molecule has 0 N–H and O–H groups in total. The second-order valence-corrected chi connectivity index (χ2v) is 23.2. The number of aromatic nitrogens is 3. The first-order chi connectivity index (χ1) is 31.3. The molecule has 0 fully saturated rings. The topological polar surface area (TPSA) is 38.7 Å². The predicted octanol–water partition coefficient (Wildman–Crippen LogP) is 15.6. The second-order valence-electron chi connectivity index (χ2n) is 17.9. The van der Waals surface area contributed by atoms with Crippen LogP contribution < -0.4 is 5.19 Å². The van der Waals surface area contributed by atoms with Gasteiger partial charge in [-0.3, -0.25) is 9.97 Å². The number of rotatable bonds is 11. The number of hydrogen-bond donors (Lipinski definition) is 0. The van der Waals surface area contributed by atoms with Crippen molar-refractivity contribution in [2.45, 2.75) is 58.2 Å². The molecule has 3 heterocycles. The summed E-state index contributed by atoms with van der Waals surface area (Å²) in [7, 11) is -1.50. The van der Waals surface area contributed by atoms with Crippen LogP contribution in [0.5, 0.6) is 0 Å². The van der Waals surface area contributed by atoms with Crippen molar-refractivity contribution >= 4 is 13.3 Å². The van der Waals surface area contributed by atoms with Gasteiger partial charge in [-0.05, 0) is 120 Å². The number of fused-ring (bicyclic) bond motifs is 3. The third kappa shape index (κ3) is 7.52. The molecule has 0 unspecified atom stereocenters. The van der Waals surface area contributed by atoms with Gasteiger partial charge in [0.15, 0.2) is 0 Å². The molecule has 10 rings (SSSR count). The Hall–Kier alpha value is -7.01. The molecule has 312 valence electrons. The highest BCUT2D eigenvalue weighted by Crippen LogP contribution is 2.50. The van der Waals surface area contributed by atoms with Crippen LogP contribution in [0.15, 0.2) is 195 Å². The lowest BCUT2D eigenvalue weighted by Gasteiger charge is -2.30. The van der Waals surface area contributed by atoms with Crippen LogP contribution in [0.3, 0.4) is 0 Å². The summed E-state index contributed by atoms with van der Waals surface area (Å²) < 4.78 is 0. The summed E-state index contributed by atoms with van der Waals surface area (Å²) in [5.74, 6) is 0. The molecular weight excluding hydrogens is 791 g/mol. The van der Waals surface area contributed by atoms with E-state index < -0.39 is 8.07 Å². The Labute approximate surface area is 379 Å². The zero-order valence-electron chi connectivity index (χ0n) is 37.4. The molecule has 0 spiro atoms. The summed E-state index contributed by atoms with van der Waals surface area (Å²) in [6.45, 7) is 12.0. The summed E-state index contributed by atoms with van der Waals surface area (Å²) in [6.07, 6.45) is 7.42. The van der Waals surface area contributed by atoms with E-state index in [1.54, 1.807) is 5.19 Å². The molecule has 6 aromatic carbocycles. The molecule has 3 nitrogen and oxygen atoms in total. The molecule has 9 aromatic rings. The standard InChI is InChI=1S/C60H53N3Si/c1-6-64(7-2,8-3)53-28-30-56-55(38-53)54-29-27-49(35-57(54)60(56,4)5)47-15-9-13-45(33-47)46-14-10-16-48(34-46)52-36-58(43-23-19-41(20-24-43)50-17-11-31-61-39-50)63-59(37-52)44-25-21-42(22-26-44)51-18-12-32-62-40-51/h9-40H,6-8H2,1-5H3. The quantitative estimate of drug-likeness (QED) is 0.122. The fourth-order valence-electron chi connectivity index (χ4n) is 10.1. The fourth-order valence-corrected chi connectivity index (χ4v) is 13.7. The van der Waals surface area contributed by atoms with E-state index in [1.807, 2.05) is 36.9 Å². The van der Waals surface area contributed by atoms with Crippen LogP contribution in [0.2, 0.25) is 18.1 Å². The average Bonchev–Trinajstić information content (AvgIpc) is 3.59. The van der Waals surface area contributed by atoms with Gasteiger partial charge in [0, 0.05) is 41.3 Å². The maximum atomic E-state index is 5.28. The second kappa shape index (κ2) is 16.9. The normalized spacial score (nSPS) is 12.8. The fraction of sp³-hybridized carbons (Fsp3) is 0.150. The Morgan fingerprint density at radius 1 is 0.375 bits per heavy atom. The highest BCUT2D eigenvalue weighted by atomic mass is 28.3. The first-order valence-electron chi connectivity index (χ1n) is 22.8. The van der Waals surface area contributed by atoms with E-state index in [-0.39, 0.29) is 5.41 Å². The molecule has 4 heteroatoms. The van der Waals surface area contributed by atoms with Gasteiger partial charge in [0.25, 0.3) is 0 Å². The van der Waals surface area contributed by atoms with Crippen LogP contribution in [0, 0.1) is 0 Å². The zero-order valence-corrected chi connectivity index (χ0v) is 38.4. The summed E-state index contributed by atoms with van der Waals surface area (Å²) in [6, 6.07) is 66.5. The van der Waals surface area contributed by atoms with Crippen molar-refractivity contribution in [2.24, 2.45) is 0 Å². The van der Waals surface area contributed by atoms with Crippen molar-refractivity contribution in [2.75, 3.05) is 0 Å². The number of hydrogen-bond acceptors (Lipinski definition) is 3. The first kappa shape index (κ1) is 41.0. The van der Waals surface area contributed by atoms with Crippen molar-refractivity contribution < 1.29 is 0 Å². The van der Waals surface area contributed by atoms with Crippen molar-refractivity contribution in [1.82, 2.24) is 15.0 Å². The Bertz CT molecular complexity index is 3000. The Morgan fingerprint density at radius 3 is 1.31 bits per heavy atom. The molecule has 0 bridgehead atoms. The van der Waals surface area contributed by atoms with Gasteiger partial charge in [-0.25, -0.2) is 4.98 Å². The van der Waals surface area contributed by atoms with Gasteiger partial charge in [0.1, 0.15) is 0 Å². The minimum absolute atomic E-state index is 0.0644. The van der Waals surface area contributed by atoms with E-state index in [4.69, 9.17) is 4.98 Å². The lowest BCUT2D eigenvalue weighted by Crippen LogP contribution is -2.45. The number of nitrogens with zero attached hydrogens (tertiary/aromatic N) is 3. The molecule has 1 aliphatic rings. The van der Waals surface area contributed by atoms with Crippen molar-refractivity contribution in [3.63, 3.8) is 0 Å². The molecule has 0 amide bonds. The summed E-state index contributed by atoms with van der Waals surface area (Å²) >= 11 is 0. The Balaban J connectivity index is 1.00. The van der Waals surface area contributed by atoms with Crippen molar-refractivity contribution in [1.29, 1.82) is 0 Å². The maximum Gasteiger partial charge on any atom is 0.0859 e. The van der Waals surface area contributed by atoms with Crippen LogP contribution >= 0.6 is 0 Å². The van der Waals surface area contributed by atoms with E-state index in [2.05, 4.69) is 202 Å². The molecule has 0 aliphatic heterocycles. The van der Waals surface area contributed by atoms with Gasteiger partial charge >= 0.3 is 0 Å². The molecular formula is C60H53N3Si. The van der Waals surface area contributed by atoms with Crippen LogP contribution in [0.1, 0.15) is 45.7 Å². The first-order valence-corrected chi connectivity index (χ1v) is 25.4. The van der Waals surface area contributed by atoms with Gasteiger partial charge in [-0.1, -0.05) is 185 Å². The number of benzene rings is 6. The van der Waals surface area contributed by atoms with Gasteiger partial charge in [-0.2, -0.15) is 0 Å². The SMILES string of the molecule is CC[Si](CC)(CC)c1ccc2c(c1)-c1ccc(-c3cccc(-c4cccc(-c5cc(-c6ccc(-c7cccnc7)cc6)nc(-c6ccc(-c7cccnc7)cc6)c5)c4)c3)cc1C2(C)C. The van der Waals surface area contributed by atoms with Crippen molar-refractivity contribution in [3.05, 3.63) is 206 Å². The van der Waals surface area contributed by atoms with Gasteiger partial charge in [-0.15, -0.1) is 0 Å². The highest BCUT2D eigenvalue weighted by Gasteiger charge is 2.38. The molecule has 0 atom stereocenters. The number of pyridine rings is 3.